The smallest absolute Gasteiger partial charge is 0.242 e. The van der Waals surface area contributed by atoms with Gasteiger partial charge in [0.2, 0.25) is 11.8 Å². The molecule has 2 aliphatic rings. The Labute approximate surface area is 147 Å². The minimum Gasteiger partial charge on any atom is -0.340 e. The fourth-order valence-electron chi connectivity index (χ4n) is 3.90. The van der Waals surface area contributed by atoms with Gasteiger partial charge in [0, 0.05) is 49.2 Å². The average molecular weight is 337 g/mol. The van der Waals surface area contributed by atoms with Crippen molar-refractivity contribution in [2.75, 3.05) is 26.2 Å². The molecule has 1 atom stereocenters. The molecule has 0 saturated carbocycles. The van der Waals surface area contributed by atoms with E-state index >= 15 is 0 Å². The van der Waals surface area contributed by atoms with E-state index in [9.17, 15) is 9.59 Å². The zero-order valence-electron chi connectivity index (χ0n) is 14.4. The molecular weight excluding hydrogens is 314 g/mol. The number of hydrogen-bond donors (Lipinski definition) is 0. The minimum absolute atomic E-state index is 0.0701. The SMILES string of the molecule is O=C1CCCN1CC(=O)N1CCCC(c2cc3ccccc3cn2)C1. The second-order valence-corrected chi connectivity index (χ2v) is 7.05. The van der Waals surface area contributed by atoms with E-state index in [4.69, 9.17) is 0 Å². The summed E-state index contributed by atoms with van der Waals surface area (Å²) in [6.45, 7) is 2.43. The van der Waals surface area contributed by atoms with E-state index in [1.807, 2.05) is 23.2 Å². The normalized spacial score (nSPS) is 21.1. The molecule has 0 spiro atoms. The van der Waals surface area contributed by atoms with Gasteiger partial charge in [-0.3, -0.25) is 14.6 Å². The average Bonchev–Trinajstić information content (AvgIpc) is 3.06. The van der Waals surface area contributed by atoms with Gasteiger partial charge in [0.25, 0.3) is 0 Å². The van der Waals surface area contributed by atoms with E-state index in [-0.39, 0.29) is 24.3 Å². The van der Waals surface area contributed by atoms with Gasteiger partial charge in [-0.05, 0) is 30.7 Å². The van der Waals surface area contributed by atoms with Crippen molar-refractivity contribution in [1.29, 1.82) is 0 Å². The molecule has 5 heteroatoms. The molecule has 1 aromatic carbocycles. The predicted octanol–water partition coefficient (Wildman–Crippen LogP) is 2.56. The van der Waals surface area contributed by atoms with Gasteiger partial charge < -0.3 is 9.80 Å². The molecule has 3 heterocycles. The number of fused-ring (bicyclic) bond motifs is 1. The predicted molar refractivity (Wildman–Crippen MR) is 96.1 cm³/mol. The molecule has 0 bridgehead atoms. The van der Waals surface area contributed by atoms with Crippen LogP contribution in [-0.2, 0) is 9.59 Å². The number of nitrogens with zero attached hydrogens (tertiary/aromatic N) is 3. The molecule has 0 aliphatic carbocycles. The van der Waals surface area contributed by atoms with Crippen LogP contribution in [0.5, 0.6) is 0 Å². The summed E-state index contributed by atoms with van der Waals surface area (Å²) in [7, 11) is 0. The van der Waals surface area contributed by atoms with E-state index in [2.05, 4.69) is 23.2 Å². The van der Waals surface area contributed by atoms with Crippen LogP contribution in [0.25, 0.3) is 10.8 Å². The minimum atomic E-state index is 0.0701. The third-order valence-corrected chi connectivity index (χ3v) is 5.34. The highest BCUT2D eigenvalue weighted by atomic mass is 16.2. The molecule has 2 amide bonds. The fraction of sp³-hybridized carbons (Fsp3) is 0.450. The maximum absolute atomic E-state index is 12.6. The molecule has 1 unspecified atom stereocenters. The molecule has 130 valence electrons. The third kappa shape index (κ3) is 3.36. The van der Waals surface area contributed by atoms with Gasteiger partial charge in [0.1, 0.15) is 0 Å². The second-order valence-electron chi connectivity index (χ2n) is 7.05. The van der Waals surface area contributed by atoms with Crippen molar-refractivity contribution < 1.29 is 9.59 Å². The molecule has 2 aliphatic heterocycles. The molecule has 0 radical (unpaired) electrons. The number of carbonyl (C=O) groups is 2. The summed E-state index contributed by atoms with van der Waals surface area (Å²) < 4.78 is 0. The van der Waals surface area contributed by atoms with Crippen molar-refractivity contribution in [2.45, 2.75) is 31.6 Å². The van der Waals surface area contributed by atoms with Gasteiger partial charge in [-0.2, -0.15) is 0 Å². The van der Waals surface area contributed by atoms with Gasteiger partial charge in [0.15, 0.2) is 0 Å². The summed E-state index contributed by atoms with van der Waals surface area (Å²) in [5.41, 5.74) is 1.06. The molecule has 5 nitrogen and oxygen atoms in total. The lowest BCUT2D eigenvalue weighted by Crippen LogP contribution is -2.45. The summed E-state index contributed by atoms with van der Waals surface area (Å²) in [5.74, 6) is 0.454. The summed E-state index contributed by atoms with van der Waals surface area (Å²) in [5, 5.41) is 2.33. The van der Waals surface area contributed by atoms with Crippen molar-refractivity contribution in [1.82, 2.24) is 14.8 Å². The van der Waals surface area contributed by atoms with Gasteiger partial charge in [0.05, 0.1) is 6.54 Å². The molecule has 2 aromatic rings. The topological polar surface area (TPSA) is 53.5 Å². The molecule has 0 N–H and O–H groups in total. The Morgan fingerprint density at radius 3 is 2.80 bits per heavy atom. The van der Waals surface area contributed by atoms with Crippen molar-refractivity contribution in [2.24, 2.45) is 0 Å². The van der Waals surface area contributed by atoms with Crippen LogP contribution in [0.1, 0.15) is 37.3 Å². The number of likely N-dealkylation sites (tertiary alicyclic amines) is 2. The number of rotatable bonds is 3. The zero-order valence-corrected chi connectivity index (χ0v) is 14.4. The van der Waals surface area contributed by atoms with Gasteiger partial charge >= 0.3 is 0 Å². The van der Waals surface area contributed by atoms with E-state index in [0.29, 0.717) is 19.5 Å². The molecule has 1 aromatic heterocycles. The first kappa shape index (κ1) is 16.1. The highest BCUT2D eigenvalue weighted by Crippen LogP contribution is 2.27. The Balaban J connectivity index is 1.46. The van der Waals surface area contributed by atoms with Crippen LogP contribution in [0.15, 0.2) is 36.5 Å². The van der Waals surface area contributed by atoms with E-state index in [0.717, 1.165) is 36.9 Å². The van der Waals surface area contributed by atoms with E-state index in [1.54, 1.807) is 4.90 Å². The first-order valence-corrected chi connectivity index (χ1v) is 9.11. The van der Waals surface area contributed by atoms with Gasteiger partial charge in [-0.25, -0.2) is 0 Å². The van der Waals surface area contributed by atoms with Crippen molar-refractivity contribution in [3.63, 3.8) is 0 Å². The maximum Gasteiger partial charge on any atom is 0.242 e. The highest BCUT2D eigenvalue weighted by molar-refractivity contribution is 5.86. The number of amides is 2. The summed E-state index contributed by atoms with van der Waals surface area (Å²) in [6.07, 6.45) is 5.41. The van der Waals surface area contributed by atoms with E-state index < -0.39 is 0 Å². The first-order chi connectivity index (χ1) is 12.2. The lowest BCUT2D eigenvalue weighted by Gasteiger charge is -2.33. The monoisotopic (exact) mass is 337 g/mol. The number of hydrogen-bond acceptors (Lipinski definition) is 3. The molecule has 2 fully saturated rings. The van der Waals surface area contributed by atoms with Crippen LogP contribution in [0.2, 0.25) is 0 Å². The second kappa shape index (κ2) is 6.82. The maximum atomic E-state index is 12.6. The number of aromatic nitrogens is 1. The summed E-state index contributed by atoms with van der Waals surface area (Å²) in [6, 6.07) is 10.4. The molecule has 25 heavy (non-hydrogen) atoms. The van der Waals surface area contributed by atoms with Crippen LogP contribution < -0.4 is 0 Å². The Morgan fingerprint density at radius 1 is 1.16 bits per heavy atom. The van der Waals surface area contributed by atoms with Gasteiger partial charge in [-0.1, -0.05) is 24.3 Å². The largest absolute Gasteiger partial charge is 0.340 e. The van der Waals surface area contributed by atoms with Crippen LogP contribution >= 0.6 is 0 Å². The fourth-order valence-corrected chi connectivity index (χ4v) is 3.90. The lowest BCUT2D eigenvalue weighted by atomic mass is 9.93. The van der Waals surface area contributed by atoms with Gasteiger partial charge in [-0.15, -0.1) is 0 Å². The number of benzene rings is 1. The molecule has 4 rings (SSSR count). The Morgan fingerprint density at radius 2 is 2.00 bits per heavy atom. The van der Waals surface area contributed by atoms with Crippen LogP contribution in [0, 0.1) is 0 Å². The third-order valence-electron chi connectivity index (χ3n) is 5.34. The summed E-state index contributed by atoms with van der Waals surface area (Å²) >= 11 is 0. The van der Waals surface area contributed by atoms with Crippen LogP contribution in [-0.4, -0.2) is 52.8 Å². The zero-order chi connectivity index (χ0) is 17.2. The number of carbonyl (C=O) groups excluding carboxylic acids is 2. The summed E-state index contributed by atoms with van der Waals surface area (Å²) in [4.78, 5) is 32.6. The van der Waals surface area contributed by atoms with E-state index in [1.165, 1.54) is 5.39 Å². The van der Waals surface area contributed by atoms with Crippen molar-refractivity contribution in [3.8, 4) is 0 Å². The highest BCUT2D eigenvalue weighted by Gasteiger charge is 2.29. The number of pyridine rings is 1. The lowest BCUT2D eigenvalue weighted by molar-refractivity contribution is -0.139. The first-order valence-electron chi connectivity index (χ1n) is 9.11. The quantitative estimate of drug-likeness (QED) is 0.865. The molecular formula is C20H23N3O2. The van der Waals surface area contributed by atoms with Crippen LogP contribution in [0.4, 0.5) is 0 Å². The molecule has 2 saturated heterocycles. The standard InChI is InChI=1S/C20H23N3O2/c24-19-8-4-10-23(19)14-20(25)22-9-3-7-17(13-22)18-11-15-5-1-2-6-16(15)12-21-18/h1-2,5-6,11-12,17H,3-4,7-10,13-14H2. The Bertz CT molecular complexity index is 804. The number of piperidine rings is 1. The Hall–Kier alpha value is -2.43. The van der Waals surface area contributed by atoms with Crippen molar-refractivity contribution >= 4 is 22.6 Å². The van der Waals surface area contributed by atoms with Crippen molar-refractivity contribution in [3.05, 3.63) is 42.2 Å². The Kier molecular flexibility index (Phi) is 4.38. The van der Waals surface area contributed by atoms with Crippen LogP contribution in [0.3, 0.4) is 0 Å².